The maximum Gasteiger partial charge on any atom is 0.173 e. The van der Waals surface area contributed by atoms with Crippen LogP contribution in [0.5, 0.6) is 0 Å². The van der Waals surface area contributed by atoms with Crippen LogP contribution in [0.1, 0.15) is 29.6 Å². The Balaban J connectivity index is 2.09. The summed E-state index contributed by atoms with van der Waals surface area (Å²) in [5.41, 5.74) is 5.49. The van der Waals surface area contributed by atoms with E-state index in [0.717, 1.165) is 30.2 Å². The lowest BCUT2D eigenvalue weighted by Gasteiger charge is -2.21. The van der Waals surface area contributed by atoms with Crippen LogP contribution in [0.4, 0.5) is 5.69 Å². The van der Waals surface area contributed by atoms with E-state index in [1.807, 2.05) is 42.2 Å². The van der Waals surface area contributed by atoms with Gasteiger partial charge in [-0.1, -0.05) is 0 Å². The van der Waals surface area contributed by atoms with Crippen molar-refractivity contribution in [1.82, 2.24) is 24.5 Å². The van der Waals surface area contributed by atoms with Gasteiger partial charge < -0.3 is 10.2 Å². The summed E-state index contributed by atoms with van der Waals surface area (Å²) in [7, 11) is 3.91. The van der Waals surface area contributed by atoms with Gasteiger partial charge in [0.15, 0.2) is 5.11 Å². The van der Waals surface area contributed by atoms with Crippen molar-refractivity contribution in [3.63, 3.8) is 0 Å². The Morgan fingerprint density at radius 3 is 2.50 bits per heavy atom. The number of thiocarbonyl (C=S) groups is 1. The molecule has 0 aliphatic carbocycles. The van der Waals surface area contributed by atoms with Crippen molar-refractivity contribution in [3.05, 3.63) is 28.8 Å². The maximum absolute atomic E-state index is 5.50. The summed E-state index contributed by atoms with van der Waals surface area (Å²) in [6.07, 6.45) is 1.79. The maximum atomic E-state index is 5.50. The number of hydrogen-bond acceptors (Lipinski definition) is 3. The summed E-state index contributed by atoms with van der Waals surface area (Å²) in [6, 6.07) is 0. The molecule has 2 aromatic heterocycles. The van der Waals surface area contributed by atoms with Gasteiger partial charge in [-0.2, -0.15) is 10.2 Å². The van der Waals surface area contributed by atoms with Crippen molar-refractivity contribution in [2.24, 2.45) is 7.05 Å². The summed E-state index contributed by atoms with van der Waals surface area (Å²) in [5, 5.41) is 12.7. The molecule has 7 heteroatoms. The number of hydrogen-bond donors (Lipinski definition) is 1. The molecule has 0 unspecified atom stereocenters. The first-order chi connectivity index (χ1) is 10.3. The zero-order valence-electron chi connectivity index (χ0n) is 14.1. The summed E-state index contributed by atoms with van der Waals surface area (Å²) in [6.45, 7) is 9.89. The van der Waals surface area contributed by atoms with Crippen molar-refractivity contribution in [3.8, 4) is 0 Å². The van der Waals surface area contributed by atoms with Gasteiger partial charge in [0.1, 0.15) is 0 Å². The van der Waals surface area contributed by atoms with Gasteiger partial charge in [-0.25, -0.2) is 0 Å². The van der Waals surface area contributed by atoms with Crippen LogP contribution in [-0.2, 0) is 20.1 Å². The van der Waals surface area contributed by atoms with Gasteiger partial charge in [-0.3, -0.25) is 9.36 Å². The van der Waals surface area contributed by atoms with E-state index in [2.05, 4.69) is 29.4 Å². The minimum absolute atomic E-state index is 0.680. The molecule has 1 N–H and O–H groups in total. The molecule has 6 nitrogen and oxygen atoms in total. The van der Waals surface area contributed by atoms with Gasteiger partial charge in [0.05, 0.1) is 23.3 Å². The molecular formula is C15H24N6S. The highest BCUT2D eigenvalue weighted by molar-refractivity contribution is 7.80. The minimum Gasteiger partial charge on any atom is -0.348 e. The smallest absolute Gasteiger partial charge is 0.173 e. The molecule has 2 rings (SSSR count). The van der Waals surface area contributed by atoms with E-state index in [0.29, 0.717) is 5.11 Å². The average Bonchev–Trinajstić information content (AvgIpc) is 2.94. The van der Waals surface area contributed by atoms with E-state index in [4.69, 9.17) is 12.2 Å². The van der Waals surface area contributed by atoms with Gasteiger partial charge in [-0.15, -0.1) is 0 Å². The third kappa shape index (κ3) is 3.14. The second kappa shape index (κ2) is 6.48. The highest BCUT2D eigenvalue weighted by Gasteiger charge is 2.15. The fourth-order valence-corrected chi connectivity index (χ4v) is 2.59. The molecule has 0 spiro atoms. The predicted octanol–water partition coefficient (Wildman–Crippen LogP) is 2.39. The molecule has 0 aromatic carbocycles. The highest BCUT2D eigenvalue weighted by atomic mass is 32.1. The third-order valence-electron chi connectivity index (χ3n) is 4.05. The molecule has 0 bridgehead atoms. The normalized spacial score (nSPS) is 10.8. The zero-order valence-corrected chi connectivity index (χ0v) is 15.0. The second-order valence-electron chi connectivity index (χ2n) is 5.52. The Morgan fingerprint density at radius 2 is 2.00 bits per heavy atom. The standard InChI is InChI=1S/C15H24N6S/c1-7-21-11(3)13(10(2)18-21)9-19(5)15(22)17-14-8-16-20(6)12(14)4/h8H,7,9H2,1-6H3,(H,17,22). The molecule has 0 radical (unpaired) electrons. The van der Waals surface area contributed by atoms with Gasteiger partial charge in [-0.05, 0) is 39.9 Å². The Morgan fingerprint density at radius 1 is 1.32 bits per heavy atom. The lowest BCUT2D eigenvalue weighted by atomic mass is 10.2. The molecule has 0 saturated heterocycles. The number of nitrogens with zero attached hydrogens (tertiary/aromatic N) is 5. The molecular weight excluding hydrogens is 296 g/mol. The first-order valence-electron chi connectivity index (χ1n) is 7.38. The van der Waals surface area contributed by atoms with Crippen LogP contribution < -0.4 is 5.32 Å². The van der Waals surface area contributed by atoms with E-state index in [1.54, 1.807) is 6.20 Å². The number of nitrogens with one attached hydrogen (secondary N) is 1. The van der Waals surface area contributed by atoms with Crippen LogP contribution in [0.15, 0.2) is 6.20 Å². The van der Waals surface area contributed by atoms with Gasteiger partial charge >= 0.3 is 0 Å². The molecule has 0 saturated carbocycles. The van der Waals surface area contributed by atoms with E-state index < -0.39 is 0 Å². The second-order valence-corrected chi connectivity index (χ2v) is 5.91. The SMILES string of the molecule is CCn1nc(C)c(CN(C)C(=S)Nc2cnn(C)c2C)c1C. The Hall–Kier alpha value is -1.89. The third-order valence-corrected chi connectivity index (χ3v) is 4.46. The molecule has 120 valence electrons. The van der Waals surface area contributed by atoms with Gasteiger partial charge in [0.25, 0.3) is 0 Å². The van der Waals surface area contributed by atoms with Crippen LogP contribution in [0, 0.1) is 20.8 Å². The zero-order chi connectivity index (χ0) is 16.4. The number of aryl methyl sites for hydroxylation is 3. The van der Waals surface area contributed by atoms with Crippen molar-refractivity contribution >= 4 is 23.0 Å². The summed E-state index contributed by atoms with van der Waals surface area (Å²) < 4.78 is 3.85. The molecule has 2 aromatic rings. The fraction of sp³-hybridized carbons (Fsp3) is 0.533. The molecule has 2 heterocycles. The van der Waals surface area contributed by atoms with Crippen molar-refractivity contribution < 1.29 is 0 Å². The molecule has 0 fully saturated rings. The first-order valence-corrected chi connectivity index (χ1v) is 7.79. The van der Waals surface area contributed by atoms with E-state index >= 15 is 0 Å². The van der Waals surface area contributed by atoms with Crippen molar-refractivity contribution in [2.75, 3.05) is 12.4 Å². The van der Waals surface area contributed by atoms with Crippen LogP contribution >= 0.6 is 12.2 Å². The highest BCUT2D eigenvalue weighted by Crippen LogP contribution is 2.17. The van der Waals surface area contributed by atoms with Crippen LogP contribution in [0.25, 0.3) is 0 Å². The van der Waals surface area contributed by atoms with Gasteiger partial charge in [0.2, 0.25) is 0 Å². The fourth-order valence-electron chi connectivity index (χ4n) is 2.41. The first kappa shape index (κ1) is 16.5. The Bertz CT molecular complexity index is 685. The molecule has 0 aliphatic heterocycles. The molecule has 22 heavy (non-hydrogen) atoms. The molecule has 0 aliphatic rings. The Labute approximate surface area is 137 Å². The van der Waals surface area contributed by atoms with Crippen LogP contribution in [0.3, 0.4) is 0 Å². The van der Waals surface area contributed by atoms with Crippen LogP contribution in [0.2, 0.25) is 0 Å². The number of aromatic nitrogens is 4. The molecule has 0 atom stereocenters. The summed E-state index contributed by atoms with van der Waals surface area (Å²) >= 11 is 5.50. The summed E-state index contributed by atoms with van der Waals surface area (Å²) in [4.78, 5) is 2.03. The van der Waals surface area contributed by atoms with E-state index in [-0.39, 0.29) is 0 Å². The minimum atomic E-state index is 0.680. The van der Waals surface area contributed by atoms with Gasteiger partial charge in [0, 0.05) is 38.4 Å². The van der Waals surface area contributed by atoms with Crippen molar-refractivity contribution in [1.29, 1.82) is 0 Å². The number of anilines is 1. The average molecular weight is 320 g/mol. The van der Waals surface area contributed by atoms with E-state index in [9.17, 15) is 0 Å². The molecule has 0 amide bonds. The predicted molar refractivity (Wildman–Crippen MR) is 93.0 cm³/mol. The monoisotopic (exact) mass is 320 g/mol. The topological polar surface area (TPSA) is 50.9 Å². The quantitative estimate of drug-likeness (QED) is 0.877. The van der Waals surface area contributed by atoms with Crippen molar-refractivity contribution in [2.45, 2.75) is 40.8 Å². The lowest BCUT2D eigenvalue weighted by molar-refractivity contribution is 0.504. The van der Waals surface area contributed by atoms with Crippen LogP contribution in [-0.4, -0.2) is 36.6 Å². The largest absolute Gasteiger partial charge is 0.348 e. The summed E-state index contributed by atoms with van der Waals surface area (Å²) in [5.74, 6) is 0. The number of rotatable bonds is 4. The Kier molecular flexibility index (Phi) is 4.85. The lowest BCUT2D eigenvalue weighted by Crippen LogP contribution is -2.31. The van der Waals surface area contributed by atoms with E-state index in [1.165, 1.54) is 11.3 Å².